The number of hydrogen-bond donors (Lipinski definition) is 0. The molecule has 3 nitrogen and oxygen atoms in total. The van der Waals surface area contributed by atoms with E-state index in [0.29, 0.717) is 5.82 Å². The van der Waals surface area contributed by atoms with Crippen molar-refractivity contribution >= 4 is 43.5 Å². The highest BCUT2D eigenvalue weighted by atomic mass is 16.3. The van der Waals surface area contributed by atoms with Crippen molar-refractivity contribution in [2.75, 3.05) is 0 Å². The van der Waals surface area contributed by atoms with Crippen molar-refractivity contribution in [3.63, 3.8) is 0 Å². The number of nitrogens with zero attached hydrogens (tertiary/aromatic N) is 2. The summed E-state index contributed by atoms with van der Waals surface area (Å²) in [5.74, 6) is 0.685. The molecule has 3 heteroatoms. The fourth-order valence-corrected chi connectivity index (χ4v) is 9.69. The quantitative estimate of drug-likeness (QED) is 0.175. The Morgan fingerprint density at radius 3 is 1.80 bits per heavy atom. The molecule has 11 aromatic rings. The normalized spacial score (nSPS) is 13.0. The van der Waals surface area contributed by atoms with E-state index in [1.807, 2.05) is 18.2 Å². The highest BCUT2D eigenvalue weighted by molar-refractivity contribution is 6.16. The molecule has 282 valence electrons. The van der Waals surface area contributed by atoms with E-state index in [1.165, 1.54) is 44.0 Å². The van der Waals surface area contributed by atoms with Crippen LogP contribution in [0.25, 0.3) is 111 Å². The van der Waals surface area contributed by atoms with E-state index in [0.717, 1.165) is 72.1 Å². The molecule has 0 amide bonds. The molecule has 0 saturated carbocycles. The van der Waals surface area contributed by atoms with Crippen molar-refractivity contribution in [2.24, 2.45) is 0 Å². The summed E-state index contributed by atoms with van der Waals surface area (Å²) in [5, 5.41) is 7.09. The molecule has 0 saturated heterocycles. The van der Waals surface area contributed by atoms with Gasteiger partial charge in [0.2, 0.25) is 0 Å². The van der Waals surface area contributed by atoms with Crippen LogP contribution in [0.1, 0.15) is 25.0 Å². The average molecular weight is 767 g/mol. The molecule has 0 N–H and O–H groups in total. The number of furan rings is 1. The second-order valence-corrected chi connectivity index (χ2v) is 16.5. The number of fused-ring (bicyclic) bond motifs is 8. The zero-order chi connectivity index (χ0) is 40.0. The topological polar surface area (TPSA) is 38.9 Å². The fourth-order valence-electron chi connectivity index (χ4n) is 9.69. The van der Waals surface area contributed by atoms with Crippen LogP contribution < -0.4 is 0 Å². The van der Waals surface area contributed by atoms with Gasteiger partial charge in [-0.1, -0.05) is 166 Å². The molecule has 0 spiro atoms. The average Bonchev–Trinajstić information content (AvgIpc) is 3.78. The van der Waals surface area contributed by atoms with E-state index >= 15 is 0 Å². The van der Waals surface area contributed by atoms with Gasteiger partial charge in [0.1, 0.15) is 11.2 Å². The summed E-state index contributed by atoms with van der Waals surface area (Å²) in [4.78, 5) is 10.6. The van der Waals surface area contributed by atoms with Gasteiger partial charge in [-0.25, -0.2) is 9.97 Å². The lowest BCUT2D eigenvalue weighted by atomic mass is 9.81. The smallest absolute Gasteiger partial charge is 0.160 e. The van der Waals surface area contributed by atoms with Crippen molar-refractivity contribution < 1.29 is 4.42 Å². The predicted octanol–water partition coefficient (Wildman–Crippen LogP) is 15.3. The summed E-state index contributed by atoms with van der Waals surface area (Å²) in [6.45, 7) is 4.71. The summed E-state index contributed by atoms with van der Waals surface area (Å²) >= 11 is 0. The molecule has 0 aliphatic heterocycles. The molecule has 12 rings (SSSR count). The third kappa shape index (κ3) is 5.36. The van der Waals surface area contributed by atoms with Crippen LogP contribution in [0.3, 0.4) is 0 Å². The molecule has 60 heavy (non-hydrogen) atoms. The van der Waals surface area contributed by atoms with Gasteiger partial charge >= 0.3 is 0 Å². The standard InChI is InChI=1S/C57H38N2O/c1-57(2)48-27-13-25-42(54(48)46-30-36-17-6-8-19-38(36)32-49(46)57)40-21-12-22-41(29-40)50-34-51(59-56(58-50)35-15-4-3-5-16-35)44-24-11-10-23-43(44)45-26-14-28-52-55(45)47-31-37-18-7-9-20-39(37)33-53(47)60-52/h3-34H,1-2H3. The Balaban J connectivity index is 1.04. The van der Waals surface area contributed by atoms with Crippen LogP contribution in [0.2, 0.25) is 0 Å². The summed E-state index contributed by atoms with van der Waals surface area (Å²) in [5.41, 5.74) is 16.3. The highest BCUT2D eigenvalue weighted by Crippen LogP contribution is 2.53. The van der Waals surface area contributed by atoms with Gasteiger partial charge in [0.25, 0.3) is 0 Å². The van der Waals surface area contributed by atoms with Gasteiger partial charge in [-0.2, -0.15) is 0 Å². The second kappa shape index (κ2) is 13.2. The van der Waals surface area contributed by atoms with E-state index in [4.69, 9.17) is 14.4 Å². The van der Waals surface area contributed by atoms with Crippen molar-refractivity contribution in [3.05, 3.63) is 205 Å². The van der Waals surface area contributed by atoms with Crippen molar-refractivity contribution in [1.29, 1.82) is 0 Å². The van der Waals surface area contributed by atoms with Crippen LogP contribution >= 0.6 is 0 Å². The molecule has 0 radical (unpaired) electrons. The summed E-state index contributed by atoms with van der Waals surface area (Å²) in [7, 11) is 0. The Bertz CT molecular complexity index is 3520. The maximum Gasteiger partial charge on any atom is 0.160 e. The van der Waals surface area contributed by atoms with Crippen LogP contribution in [0, 0.1) is 0 Å². The number of aromatic nitrogens is 2. The summed E-state index contributed by atoms with van der Waals surface area (Å²) in [6, 6.07) is 69.5. The van der Waals surface area contributed by atoms with Gasteiger partial charge in [0.05, 0.1) is 11.4 Å². The lowest BCUT2D eigenvalue weighted by molar-refractivity contribution is 0.661. The molecule has 2 heterocycles. The van der Waals surface area contributed by atoms with E-state index < -0.39 is 0 Å². The number of rotatable bonds is 5. The Kier molecular flexibility index (Phi) is 7.58. The molecular formula is C57H38N2O. The van der Waals surface area contributed by atoms with Crippen molar-refractivity contribution in [3.8, 4) is 67.3 Å². The van der Waals surface area contributed by atoms with E-state index in [9.17, 15) is 0 Å². The molecule has 0 unspecified atom stereocenters. The summed E-state index contributed by atoms with van der Waals surface area (Å²) in [6.07, 6.45) is 0. The maximum atomic E-state index is 6.52. The molecule has 9 aromatic carbocycles. The van der Waals surface area contributed by atoms with E-state index in [1.54, 1.807) is 0 Å². The van der Waals surface area contributed by atoms with Crippen LogP contribution in [0.4, 0.5) is 0 Å². The lowest BCUT2D eigenvalue weighted by Crippen LogP contribution is -2.14. The minimum absolute atomic E-state index is 0.122. The molecule has 1 aliphatic carbocycles. The Labute approximate surface area is 348 Å². The zero-order valence-electron chi connectivity index (χ0n) is 33.3. The molecule has 2 aromatic heterocycles. The first-order chi connectivity index (χ1) is 29.5. The Hall–Kier alpha value is -7.62. The Morgan fingerprint density at radius 2 is 0.983 bits per heavy atom. The first-order valence-electron chi connectivity index (χ1n) is 20.6. The van der Waals surface area contributed by atoms with Gasteiger partial charge in [0.15, 0.2) is 5.82 Å². The van der Waals surface area contributed by atoms with Crippen LogP contribution in [-0.2, 0) is 5.41 Å². The van der Waals surface area contributed by atoms with Gasteiger partial charge in [-0.3, -0.25) is 0 Å². The molecule has 1 aliphatic rings. The molecule has 0 bridgehead atoms. The minimum atomic E-state index is -0.122. The number of hydrogen-bond acceptors (Lipinski definition) is 3. The predicted molar refractivity (Wildman–Crippen MR) is 249 cm³/mol. The van der Waals surface area contributed by atoms with Crippen LogP contribution in [0.5, 0.6) is 0 Å². The molecule has 0 fully saturated rings. The second-order valence-electron chi connectivity index (χ2n) is 16.5. The Morgan fingerprint density at radius 1 is 0.383 bits per heavy atom. The zero-order valence-corrected chi connectivity index (χ0v) is 33.3. The van der Waals surface area contributed by atoms with E-state index in [-0.39, 0.29) is 5.41 Å². The van der Waals surface area contributed by atoms with E-state index in [2.05, 4.69) is 190 Å². The lowest BCUT2D eigenvalue weighted by Gasteiger charge is -2.22. The molecule has 0 atom stereocenters. The third-order valence-electron chi connectivity index (χ3n) is 12.7. The van der Waals surface area contributed by atoms with Gasteiger partial charge in [-0.05, 0) is 109 Å². The maximum absolute atomic E-state index is 6.52. The van der Waals surface area contributed by atoms with Crippen LogP contribution in [0.15, 0.2) is 199 Å². The van der Waals surface area contributed by atoms with Gasteiger partial charge in [0, 0.05) is 32.9 Å². The van der Waals surface area contributed by atoms with Crippen molar-refractivity contribution in [1.82, 2.24) is 9.97 Å². The largest absolute Gasteiger partial charge is 0.456 e. The van der Waals surface area contributed by atoms with Gasteiger partial charge in [-0.15, -0.1) is 0 Å². The third-order valence-corrected chi connectivity index (χ3v) is 12.7. The first-order valence-corrected chi connectivity index (χ1v) is 20.6. The minimum Gasteiger partial charge on any atom is -0.456 e. The number of benzene rings is 9. The monoisotopic (exact) mass is 766 g/mol. The SMILES string of the molecule is CC1(C)c2cc3ccccc3cc2-c2c(-c3cccc(-c4cc(-c5ccccc5-c5cccc6oc7cc8ccccc8cc7c56)nc(-c5ccccc5)n4)c3)cccc21. The van der Waals surface area contributed by atoms with Crippen molar-refractivity contribution in [2.45, 2.75) is 19.3 Å². The highest BCUT2D eigenvalue weighted by Gasteiger charge is 2.37. The van der Waals surface area contributed by atoms with Crippen LogP contribution in [-0.4, -0.2) is 9.97 Å². The summed E-state index contributed by atoms with van der Waals surface area (Å²) < 4.78 is 6.52. The molecular weight excluding hydrogens is 729 g/mol. The first kappa shape index (κ1) is 34.4. The fraction of sp³-hybridized carbons (Fsp3) is 0.0526. The van der Waals surface area contributed by atoms with Gasteiger partial charge < -0.3 is 4.42 Å².